The van der Waals surface area contributed by atoms with E-state index in [-0.39, 0.29) is 12.2 Å². The fourth-order valence-corrected chi connectivity index (χ4v) is 1.38. The van der Waals surface area contributed by atoms with E-state index in [4.69, 9.17) is 9.47 Å². The molecule has 0 unspecified atom stereocenters. The van der Waals surface area contributed by atoms with Gasteiger partial charge >= 0.3 is 0 Å². The molecule has 0 saturated carbocycles. The van der Waals surface area contributed by atoms with Gasteiger partial charge in [0.2, 0.25) is 0 Å². The molecule has 1 N–H and O–H groups in total. The number of benzene rings is 1. The number of hydrogen-bond donors (Lipinski definition) is 1. The number of rotatable bonds is 3. The van der Waals surface area contributed by atoms with Crippen molar-refractivity contribution >= 4 is 5.69 Å². The van der Waals surface area contributed by atoms with Crippen molar-refractivity contribution in [2.75, 3.05) is 25.1 Å². The van der Waals surface area contributed by atoms with Crippen LogP contribution in [0.1, 0.15) is 0 Å². The fraction of sp³-hybridized carbons (Fsp3) is 0.400. The van der Waals surface area contributed by atoms with Gasteiger partial charge in [0.05, 0.1) is 19.8 Å². The SMILES string of the molecule is Fc1cc(NCC2OCCO2)cc(F)c1F. The van der Waals surface area contributed by atoms with Gasteiger partial charge in [0.15, 0.2) is 23.7 Å². The third-order valence-corrected chi connectivity index (χ3v) is 2.15. The van der Waals surface area contributed by atoms with Crippen LogP contribution in [0.25, 0.3) is 0 Å². The van der Waals surface area contributed by atoms with Crippen LogP contribution in [0.2, 0.25) is 0 Å². The Hall–Kier alpha value is -1.27. The predicted molar refractivity (Wildman–Crippen MR) is 50.5 cm³/mol. The second-order valence-corrected chi connectivity index (χ2v) is 3.31. The summed E-state index contributed by atoms with van der Waals surface area (Å²) in [6.45, 7) is 1.25. The molecular formula is C10H10F3NO2. The van der Waals surface area contributed by atoms with E-state index < -0.39 is 23.7 Å². The molecule has 16 heavy (non-hydrogen) atoms. The van der Waals surface area contributed by atoms with Gasteiger partial charge in [-0.2, -0.15) is 0 Å². The van der Waals surface area contributed by atoms with E-state index in [1.54, 1.807) is 0 Å². The molecule has 1 aliphatic rings. The lowest BCUT2D eigenvalue weighted by molar-refractivity contribution is -0.0299. The summed E-state index contributed by atoms with van der Waals surface area (Å²) in [6, 6.07) is 1.76. The lowest BCUT2D eigenvalue weighted by atomic mass is 10.3. The summed E-state index contributed by atoms with van der Waals surface area (Å²) in [5.74, 6) is -3.93. The summed E-state index contributed by atoms with van der Waals surface area (Å²) < 4.78 is 48.5. The molecule has 3 nitrogen and oxygen atoms in total. The largest absolute Gasteiger partial charge is 0.380 e. The Morgan fingerprint density at radius 3 is 2.25 bits per heavy atom. The number of nitrogens with one attached hydrogen (secondary N) is 1. The molecule has 0 radical (unpaired) electrons. The van der Waals surface area contributed by atoms with Crippen LogP contribution >= 0.6 is 0 Å². The average Bonchev–Trinajstić information content (AvgIpc) is 2.75. The number of ether oxygens (including phenoxy) is 2. The van der Waals surface area contributed by atoms with Crippen LogP contribution in [0.4, 0.5) is 18.9 Å². The van der Waals surface area contributed by atoms with E-state index in [1.807, 2.05) is 0 Å². The van der Waals surface area contributed by atoms with Gasteiger partial charge in [0.1, 0.15) is 0 Å². The normalized spacial score (nSPS) is 16.7. The van der Waals surface area contributed by atoms with Crippen molar-refractivity contribution in [1.29, 1.82) is 0 Å². The van der Waals surface area contributed by atoms with Gasteiger partial charge in [0.25, 0.3) is 0 Å². The summed E-state index contributed by atoms with van der Waals surface area (Å²) in [6.07, 6.45) is -0.434. The second kappa shape index (κ2) is 4.71. The Morgan fingerprint density at radius 2 is 1.69 bits per heavy atom. The summed E-state index contributed by atoms with van der Waals surface area (Å²) in [5, 5.41) is 2.70. The Labute approximate surface area is 90.2 Å². The topological polar surface area (TPSA) is 30.5 Å². The lowest BCUT2D eigenvalue weighted by Crippen LogP contribution is -2.20. The number of hydrogen-bond acceptors (Lipinski definition) is 3. The standard InChI is InChI=1S/C10H10F3NO2/c11-7-3-6(4-8(12)10(7)13)14-5-9-15-1-2-16-9/h3-4,9,14H,1-2,5H2. The molecule has 88 valence electrons. The van der Waals surface area contributed by atoms with Crippen molar-refractivity contribution in [3.63, 3.8) is 0 Å². The van der Waals surface area contributed by atoms with Crippen LogP contribution in [0, 0.1) is 17.5 Å². The minimum absolute atomic E-state index is 0.149. The van der Waals surface area contributed by atoms with E-state index in [2.05, 4.69) is 5.32 Å². The monoisotopic (exact) mass is 233 g/mol. The minimum Gasteiger partial charge on any atom is -0.380 e. The van der Waals surface area contributed by atoms with Gasteiger partial charge in [-0.3, -0.25) is 0 Å². The summed E-state index contributed by atoms with van der Waals surface area (Å²) >= 11 is 0. The van der Waals surface area contributed by atoms with Crippen LogP contribution in [-0.4, -0.2) is 26.0 Å². The summed E-state index contributed by atoms with van der Waals surface area (Å²) in [4.78, 5) is 0. The van der Waals surface area contributed by atoms with E-state index in [0.29, 0.717) is 13.2 Å². The molecule has 0 aliphatic carbocycles. The zero-order valence-electron chi connectivity index (χ0n) is 8.30. The molecule has 0 amide bonds. The van der Waals surface area contributed by atoms with Gasteiger partial charge < -0.3 is 14.8 Å². The first-order chi connectivity index (χ1) is 7.66. The first-order valence-corrected chi connectivity index (χ1v) is 4.78. The molecule has 1 saturated heterocycles. The maximum atomic E-state index is 12.8. The Balaban J connectivity index is 1.98. The van der Waals surface area contributed by atoms with Crippen molar-refractivity contribution in [3.05, 3.63) is 29.6 Å². The van der Waals surface area contributed by atoms with Crippen molar-refractivity contribution in [3.8, 4) is 0 Å². The third kappa shape index (κ3) is 2.45. The Morgan fingerprint density at radius 1 is 1.12 bits per heavy atom. The number of anilines is 1. The average molecular weight is 233 g/mol. The Kier molecular flexibility index (Phi) is 3.31. The van der Waals surface area contributed by atoms with Gasteiger partial charge in [0, 0.05) is 17.8 Å². The van der Waals surface area contributed by atoms with Crippen LogP contribution < -0.4 is 5.32 Å². The van der Waals surface area contributed by atoms with Crippen molar-refractivity contribution < 1.29 is 22.6 Å². The molecule has 6 heteroatoms. The van der Waals surface area contributed by atoms with Crippen LogP contribution in [0.5, 0.6) is 0 Å². The summed E-state index contributed by atoms with van der Waals surface area (Å²) in [5.41, 5.74) is 0.149. The fourth-order valence-electron chi connectivity index (χ4n) is 1.38. The highest BCUT2D eigenvalue weighted by molar-refractivity contribution is 5.44. The van der Waals surface area contributed by atoms with Gasteiger partial charge in [-0.1, -0.05) is 0 Å². The zero-order chi connectivity index (χ0) is 11.5. The highest BCUT2D eigenvalue weighted by Gasteiger charge is 2.16. The van der Waals surface area contributed by atoms with Gasteiger partial charge in [-0.15, -0.1) is 0 Å². The molecule has 1 fully saturated rings. The van der Waals surface area contributed by atoms with Crippen LogP contribution in [0.3, 0.4) is 0 Å². The molecule has 2 rings (SSSR count). The molecule has 0 spiro atoms. The lowest BCUT2D eigenvalue weighted by Gasteiger charge is -2.11. The molecule has 0 aromatic heterocycles. The van der Waals surface area contributed by atoms with Crippen LogP contribution in [-0.2, 0) is 9.47 Å². The summed E-state index contributed by atoms with van der Waals surface area (Å²) in [7, 11) is 0. The molecule has 0 atom stereocenters. The van der Waals surface area contributed by atoms with E-state index in [1.165, 1.54) is 0 Å². The second-order valence-electron chi connectivity index (χ2n) is 3.31. The maximum absolute atomic E-state index is 12.8. The molecule has 1 aromatic rings. The minimum atomic E-state index is -1.47. The van der Waals surface area contributed by atoms with Gasteiger partial charge in [-0.25, -0.2) is 13.2 Å². The third-order valence-electron chi connectivity index (χ3n) is 2.15. The van der Waals surface area contributed by atoms with E-state index in [0.717, 1.165) is 12.1 Å². The van der Waals surface area contributed by atoms with Crippen molar-refractivity contribution in [1.82, 2.24) is 0 Å². The molecular weight excluding hydrogens is 223 g/mol. The quantitative estimate of drug-likeness (QED) is 0.809. The number of halogens is 3. The maximum Gasteiger partial charge on any atom is 0.194 e. The van der Waals surface area contributed by atoms with E-state index in [9.17, 15) is 13.2 Å². The molecule has 1 aromatic carbocycles. The zero-order valence-corrected chi connectivity index (χ0v) is 8.30. The van der Waals surface area contributed by atoms with Crippen molar-refractivity contribution in [2.24, 2.45) is 0 Å². The highest BCUT2D eigenvalue weighted by Crippen LogP contribution is 2.17. The molecule has 0 bridgehead atoms. The van der Waals surface area contributed by atoms with Crippen molar-refractivity contribution in [2.45, 2.75) is 6.29 Å². The Bertz CT molecular complexity index is 357. The van der Waals surface area contributed by atoms with Gasteiger partial charge in [-0.05, 0) is 0 Å². The van der Waals surface area contributed by atoms with Crippen LogP contribution in [0.15, 0.2) is 12.1 Å². The smallest absolute Gasteiger partial charge is 0.194 e. The van der Waals surface area contributed by atoms with E-state index >= 15 is 0 Å². The molecule has 1 heterocycles. The first kappa shape index (κ1) is 11.2. The first-order valence-electron chi connectivity index (χ1n) is 4.78. The predicted octanol–water partition coefficient (Wildman–Crippen LogP) is 1.89. The highest BCUT2D eigenvalue weighted by atomic mass is 19.2. The molecule has 1 aliphatic heterocycles.